The Morgan fingerprint density at radius 3 is 0.735 bits per heavy atom. The van der Waals surface area contributed by atoms with Gasteiger partial charge in [0, 0.05) is 19.3 Å². The number of hydrogen-bond acceptors (Lipinski definition) is 6. The number of allylic oxidation sites excluding steroid dienone is 16. The molecule has 0 aromatic rings. The lowest BCUT2D eigenvalue weighted by molar-refractivity contribution is -0.167. The molecule has 0 aromatic carbocycles. The fraction of sp³-hybridized carbons (Fsp3) is 0.753. The second kappa shape index (κ2) is 70.8. The summed E-state index contributed by atoms with van der Waals surface area (Å²) in [6.45, 7) is 6.55. The van der Waals surface area contributed by atoms with Gasteiger partial charge in [0.1, 0.15) is 13.2 Å². The summed E-state index contributed by atoms with van der Waals surface area (Å²) < 4.78 is 17.0. The number of esters is 3. The van der Waals surface area contributed by atoms with Crippen molar-refractivity contribution in [3.05, 3.63) is 97.2 Å². The molecule has 0 aliphatic carbocycles. The van der Waals surface area contributed by atoms with Crippen molar-refractivity contribution < 1.29 is 28.6 Å². The lowest BCUT2D eigenvalue weighted by Crippen LogP contribution is -2.30. The van der Waals surface area contributed by atoms with Crippen molar-refractivity contribution in [1.82, 2.24) is 0 Å². The lowest BCUT2D eigenvalue weighted by Gasteiger charge is -2.18. The first-order chi connectivity index (χ1) is 41.0. The SMILES string of the molecule is CC/C=C\C/C=C\C/C=C\C/C=C\C/C=C\C/C=C\C/C=C\C/C=C\CCCCC(=O)OCC(COC(=O)CCCCCCCCCCCCCCCCC)OC(=O)CCCCCCCCCCCCCCCCCCCCCCCCC. The Kier molecular flexibility index (Phi) is 67.7. The van der Waals surface area contributed by atoms with Gasteiger partial charge in [-0.1, -0.05) is 349 Å². The second-order valence-electron chi connectivity index (χ2n) is 23.8. The van der Waals surface area contributed by atoms with Gasteiger partial charge in [0.05, 0.1) is 0 Å². The predicted molar refractivity (Wildman–Crippen MR) is 362 cm³/mol. The molecule has 0 aliphatic rings. The van der Waals surface area contributed by atoms with Crippen LogP contribution in [-0.4, -0.2) is 37.2 Å². The summed E-state index contributed by atoms with van der Waals surface area (Å²) in [5, 5.41) is 0. The smallest absolute Gasteiger partial charge is 0.306 e. The van der Waals surface area contributed by atoms with E-state index in [0.717, 1.165) is 109 Å². The van der Waals surface area contributed by atoms with Crippen molar-refractivity contribution in [2.24, 2.45) is 0 Å². The van der Waals surface area contributed by atoms with E-state index in [1.54, 1.807) is 0 Å². The monoisotopic (exact) mass is 1160 g/mol. The number of unbranched alkanes of at least 4 members (excludes halogenated alkanes) is 38. The van der Waals surface area contributed by atoms with E-state index >= 15 is 0 Å². The molecule has 478 valence electrons. The van der Waals surface area contributed by atoms with Crippen LogP contribution in [0.4, 0.5) is 0 Å². The highest BCUT2D eigenvalue weighted by molar-refractivity contribution is 5.71. The molecule has 0 aromatic heterocycles. The lowest BCUT2D eigenvalue weighted by atomic mass is 10.0. The molecule has 0 rings (SSSR count). The van der Waals surface area contributed by atoms with E-state index in [4.69, 9.17) is 14.2 Å². The van der Waals surface area contributed by atoms with Crippen molar-refractivity contribution in [1.29, 1.82) is 0 Å². The summed E-state index contributed by atoms with van der Waals surface area (Å²) in [5.74, 6) is -0.912. The van der Waals surface area contributed by atoms with Crippen molar-refractivity contribution in [2.75, 3.05) is 13.2 Å². The summed E-state index contributed by atoms with van der Waals surface area (Å²) in [6.07, 6.45) is 95.8. The highest BCUT2D eigenvalue weighted by Crippen LogP contribution is 2.18. The minimum atomic E-state index is -0.795. The molecular formula is C77H134O6. The van der Waals surface area contributed by atoms with Crippen LogP contribution < -0.4 is 0 Å². The summed E-state index contributed by atoms with van der Waals surface area (Å²) >= 11 is 0. The zero-order valence-corrected chi connectivity index (χ0v) is 54.9. The summed E-state index contributed by atoms with van der Waals surface area (Å²) in [4.78, 5) is 38.5. The molecular weight excluding hydrogens is 1020 g/mol. The number of carbonyl (C=O) groups is 3. The molecule has 0 bridgehead atoms. The molecule has 0 amide bonds. The van der Waals surface area contributed by atoms with Crippen LogP contribution in [0.2, 0.25) is 0 Å². The van der Waals surface area contributed by atoms with Crippen LogP contribution in [0.25, 0.3) is 0 Å². The van der Waals surface area contributed by atoms with E-state index in [1.807, 2.05) is 0 Å². The fourth-order valence-corrected chi connectivity index (χ4v) is 10.3. The molecule has 0 fully saturated rings. The van der Waals surface area contributed by atoms with Gasteiger partial charge >= 0.3 is 17.9 Å². The fourth-order valence-electron chi connectivity index (χ4n) is 10.3. The van der Waals surface area contributed by atoms with Gasteiger partial charge in [-0.15, -0.1) is 0 Å². The average molecular weight is 1160 g/mol. The van der Waals surface area contributed by atoms with Gasteiger partial charge in [0.15, 0.2) is 6.10 Å². The summed E-state index contributed by atoms with van der Waals surface area (Å²) in [6, 6.07) is 0. The molecule has 0 aliphatic heterocycles. The van der Waals surface area contributed by atoms with Crippen molar-refractivity contribution >= 4 is 17.9 Å². The molecule has 0 spiro atoms. The quantitative estimate of drug-likeness (QED) is 0.0261. The Morgan fingerprint density at radius 1 is 0.253 bits per heavy atom. The summed E-state index contributed by atoms with van der Waals surface area (Å²) in [5.41, 5.74) is 0. The van der Waals surface area contributed by atoms with Gasteiger partial charge in [-0.25, -0.2) is 0 Å². The molecule has 0 radical (unpaired) electrons. The molecule has 83 heavy (non-hydrogen) atoms. The van der Waals surface area contributed by atoms with E-state index in [2.05, 4.69) is 118 Å². The van der Waals surface area contributed by atoms with Crippen LogP contribution in [0.15, 0.2) is 97.2 Å². The Labute approximate surface area is 515 Å². The van der Waals surface area contributed by atoms with Crippen molar-refractivity contribution in [3.8, 4) is 0 Å². The van der Waals surface area contributed by atoms with Crippen molar-refractivity contribution in [3.63, 3.8) is 0 Å². The van der Waals surface area contributed by atoms with Gasteiger partial charge in [0.25, 0.3) is 0 Å². The average Bonchev–Trinajstić information content (AvgIpc) is 3.49. The molecule has 0 saturated carbocycles. The maximum absolute atomic E-state index is 13.0. The van der Waals surface area contributed by atoms with Crippen LogP contribution in [0.5, 0.6) is 0 Å². The zero-order valence-electron chi connectivity index (χ0n) is 54.9. The van der Waals surface area contributed by atoms with E-state index in [9.17, 15) is 14.4 Å². The molecule has 1 atom stereocenters. The highest BCUT2D eigenvalue weighted by atomic mass is 16.6. The maximum atomic E-state index is 13.0. The summed E-state index contributed by atoms with van der Waals surface area (Å²) in [7, 11) is 0. The van der Waals surface area contributed by atoms with Gasteiger partial charge in [-0.05, 0) is 83.5 Å². The third-order valence-corrected chi connectivity index (χ3v) is 15.6. The highest BCUT2D eigenvalue weighted by Gasteiger charge is 2.19. The third kappa shape index (κ3) is 69.0. The molecule has 1 unspecified atom stereocenters. The topological polar surface area (TPSA) is 78.9 Å². The molecule has 6 heteroatoms. The maximum Gasteiger partial charge on any atom is 0.306 e. The van der Waals surface area contributed by atoms with Crippen LogP contribution in [0, 0.1) is 0 Å². The van der Waals surface area contributed by atoms with Crippen LogP contribution in [0.1, 0.15) is 355 Å². The van der Waals surface area contributed by atoms with E-state index < -0.39 is 6.10 Å². The first-order valence-electron chi connectivity index (χ1n) is 35.7. The third-order valence-electron chi connectivity index (χ3n) is 15.6. The number of ether oxygens (including phenoxy) is 3. The molecule has 0 saturated heterocycles. The Balaban J connectivity index is 4.39. The van der Waals surface area contributed by atoms with Crippen LogP contribution in [-0.2, 0) is 28.6 Å². The second-order valence-corrected chi connectivity index (χ2v) is 23.8. The van der Waals surface area contributed by atoms with Gasteiger partial charge in [0.2, 0.25) is 0 Å². The first-order valence-corrected chi connectivity index (χ1v) is 35.7. The Morgan fingerprint density at radius 2 is 0.470 bits per heavy atom. The normalized spacial score (nSPS) is 12.7. The zero-order chi connectivity index (χ0) is 59.9. The largest absolute Gasteiger partial charge is 0.462 e. The number of rotatable bonds is 65. The Hall–Kier alpha value is -3.67. The minimum Gasteiger partial charge on any atom is -0.462 e. The van der Waals surface area contributed by atoms with Crippen LogP contribution >= 0.6 is 0 Å². The first kappa shape index (κ1) is 79.3. The van der Waals surface area contributed by atoms with Gasteiger partial charge < -0.3 is 14.2 Å². The predicted octanol–water partition coefficient (Wildman–Crippen LogP) is 24.8. The van der Waals surface area contributed by atoms with E-state index in [0.29, 0.717) is 19.3 Å². The van der Waals surface area contributed by atoms with Gasteiger partial charge in [-0.3, -0.25) is 14.4 Å². The number of carbonyl (C=O) groups excluding carboxylic acids is 3. The molecule has 0 N–H and O–H groups in total. The minimum absolute atomic E-state index is 0.0867. The molecule has 0 heterocycles. The van der Waals surface area contributed by atoms with Crippen LogP contribution in [0.3, 0.4) is 0 Å². The van der Waals surface area contributed by atoms with Gasteiger partial charge in [-0.2, -0.15) is 0 Å². The van der Waals surface area contributed by atoms with Crippen molar-refractivity contribution in [2.45, 2.75) is 361 Å². The van der Waals surface area contributed by atoms with E-state index in [1.165, 1.54) is 205 Å². The van der Waals surface area contributed by atoms with E-state index in [-0.39, 0.29) is 31.1 Å². The molecule has 6 nitrogen and oxygen atoms in total. The Bertz CT molecular complexity index is 1610. The number of hydrogen-bond donors (Lipinski definition) is 0. The standard InChI is InChI=1S/C77H134O6/c1-4-7-10-13-16-19-22-25-28-30-32-34-36-37-38-39-41-42-44-46-49-52-55-58-61-64-67-70-76(79)82-73-74(72-81-75(78)69-66-63-60-57-54-51-48-27-24-21-18-15-12-9-6-3)83-77(80)71-68-65-62-59-56-53-50-47-45-43-40-35-33-31-29-26-23-20-17-14-11-8-5-2/h7,10,16,19,25,28,32,34,37-38,41-42,46,49,55,58,74H,4-6,8-9,11-15,17-18,20-24,26-27,29-31,33,35-36,39-40,43-45,47-48,50-54,56-57,59-73H2,1-3H3/b10-7-,19-16-,28-25-,34-32-,38-37-,42-41-,49-46-,58-55-.